The summed E-state index contributed by atoms with van der Waals surface area (Å²) in [7, 11) is 0. The molecule has 1 fully saturated rings. The van der Waals surface area contributed by atoms with Crippen LogP contribution in [-0.4, -0.2) is 72.6 Å². The van der Waals surface area contributed by atoms with Crippen LogP contribution in [0, 0.1) is 5.92 Å². The second kappa shape index (κ2) is 12.7. The summed E-state index contributed by atoms with van der Waals surface area (Å²) in [4.78, 5) is 21.6. The zero-order valence-electron chi connectivity index (χ0n) is 17.7. The van der Waals surface area contributed by atoms with E-state index in [2.05, 4.69) is 24.1 Å². The highest BCUT2D eigenvalue weighted by Crippen LogP contribution is 2.14. The normalized spacial score (nSPS) is 16.1. The SMILES string of the molecule is CCCC(CCO)CN=C(NCC)N1CCN(C(=O)Cc2cccc(Cl)c2)CC1. The van der Waals surface area contributed by atoms with Crippen LogP contribution < -0.4 is 5.32 Å². The zero-order valence-corrected chi connectivity index (χ0v) is 18.5. The highest BCUT2D eigenvalue weighted by molar-refractivity contribution is 6.30. The molecule has 29 heavy (non-hydrogen) atoms. The van der Waals surface area contributed by atoms with Gasteiger partial charge in [0.1, 0.15) is 0 Å². The molecule has 2 rings (SSSR count). The Morgan fingerprint density at radius 1 is 1.21 bits per heavy atom. The van der Waals surface area contributed by atoms with Gasteiger partial charge in [-0.15, -0.1) is 0 Å². The fourth-order valence-electron chi connectivity index (χ4n) is 3.66. The first-order valence-electron chi connectivity index (χ1n) is 10.7. The van der Waals surface area contributed by atoms with Gasteiger partial charge in [-0.3, -0.25) is 9.79 Å². The number of hydrogen-bond donors (Lipinski definition) is 2. The summed E-state index contributed by atoms with van der Waals surface area (Å²) in [6.45, 7) is 8.91. The summed E-state index contributed by atoms with van der Waals surface area (Å²) in [5.74, 6) is 1.47. The van der Waals surface area contributed by atoms with Gasteiger partial charge in [-0.2, -0.15) is 0 Å². The van der Waals surface area contributed by atoms with Crippen LogP contribution in [0.4, 0.5) is 0 Å². The number of nitrogens with zero attached hydrogens (tertiary/aromatic N) is 3. The quantitative estimate of drug-likeness (QED) is 0.474. The van der Waals surface area contributed by atoms with Gasteiger partial charge in [0.15, 0.2) is 5.96 Å². The molecule has 0 spiro atoms. The molecule has 0 radical (unpaired) electrons. The molecule has 1 unspecified atom stereocenters. The van der Waals surface area contributed by atoms with Gasteiger partial charge in [0.25, 0.3) is 0 Å². The monoisotopic (exact) mass is 422 g/mol. The van der Waals surface area contributed by atoms with Gasteiger partial charge < -0.3 is 20.2 Å². The minimum Gasteiger partial charge on any atom is -0.396 e. The fraction of sp³-hybridized carbons (Fsp3) is 0.636. The lowest BCUT2D eigenvalue weighted by Crippen LogP contribution is -2.54. The van der Waals surface area contributed by atoms with E-state index in [1.807, 2.05) is 29.2 Å². The Morgan fingerprint density at radius 2 is 1.93 bits per heavy atom. The predicted octanol–water partition coefficient (Wildman–Crippen LogP) is 2.79. The van der Waals surface area contributed by atoms with Crippen LogP contribution in [0.3, 0.4) is 0 Å². The number of piperazine rings is 1. The molecular weight excluding hydrogens is 388 g/mol. The van der Waals surface area contributed by atoms with Crippen LogP contribution in [-0.2, 0) is 11.2 Å². The molecule has 1 heterocycles. The number of aliphatic hydroxyl groups excluding tert-OH is 1. The predicted molar refractivity (Wildman–Crippen MR) is 119 cm³/mol. The lowest BCUT2D eigenvalue weighted by Gasteiger charge is -2.36. The molecule has 1 aromatic rings. The molecular formula is C22H35ClN4O2. The van der Waals surface area contributed by atoms with Crippen LogP contribution in [0.1, 0.15) is 38.7 Å². The number of nitrogens with one attached hydrogen (secondary N) is 1. The number of halogens is 1. The minimum atomic E-state index is 0.139. The van der Waals surface area contributed by atoms with Gasteiger partial charge in [-0.05, 0) is 43.4 Å². The lowest BCUT2D eigenvalue weighted by molar-refractivity contribution is -0.131. The summed E-state index contributed by atoms with van der Waals surface area (Å²) < 4.78 is 0. The molecule has 1 aliphatic heterocycles. The van der Waals surface area contributed by atoms with E-state index in [9.17, 15) is 9.90 Å². The van der Waals surface area contributed by atoms with Gasteiger partial charge >= 0.3 is 0 Å². The second-order valence-electron chi connectivity index (χ2n) is 7.54. The number of carbonyl (C=O) groups excluding carboxylic acids is 1. The topological polar surface area (TPSA) is 68.2 Å². The molecule has 1 atom stereocenters. The number of carbonyl (C=O) groups is 1. The van der Waals surface area contributed by atoms with Crippen LogP contribution in [0.2, 0.25) is 5.02 Å². The van der Waals surface area contributed by atoms with Crippen LogP contribution in [0.25, 0.3) is 0 Å². The number of guanidine groups is 1. The third-order valence-electron chi connectivity index (χ3n) is 5.24. The van der Waals surface area contributed by atoms with Crippen molar-refractivity contribution in [1.29, 1.82) is 0 Å². The Hall–Kier alpha value is -1.79. The van der Waals surface area contributed by atoms with E-state index in [-0.39, 0.29) is 12.5 Å². The van der Waals surface area contributed by atoms with Gasteiger partial charge in [-0.1, -0.05) is 37.1 Å². The Labute approximate surface area is 179 Å². The number of aliphatic hydroxyl groups is 1. The van der Waals surface area contributed by atoms with E-state index in [1.165, 1.54) is 0 Å². The van der Waals surface area contributed by atoms with Crippen molar-refractivity contribution >= 4 is 23.5 Å². The maximum atomic E-state index is 12.6. The van der Waals surface area contributed by atoms with Crippen molar-refractivity contribution in [3.63, 3.8) is 0 Å². The number of hydrogen-bond acceptors (Lipinski definition) is 3. The van der Waals surface area contributed by atoms with Crippen molar-refractivity contribution in [2.24, 2.45) is 10.9 Å². The molecule has 2 N–H and O–H groups in total. The van der Waals surface area contributed by atoms with Crippen LogP contribution in [0.15, 0.2) is 29.3 Å². The van der Waals surface area contributed by atoms with Gasteiger partial charge in [-0.25, -0.2) is 0 Å². The molecule has 1 aromatic carbocycles. The lowest BCUT2D eigenvalue weighted by atomic mass is 10.0. The average Bonchev–Trinajstić information content (AvgIpc) is 2.71. The third kappa shape index (κ3) is 7.86. The summed E-state index contributed by atoms with van der Waals surface area (Å²) in [6.07, 6.45) is 3.36. The minimum absolute atomic E-state index is 0.139. The first-order chi connectivity index (χ1) is 14.1. The molecule has 0 saturated carbocycles. The van der Waals surface area contributed by atoms with E-state index < -0.39 is 0 Å². The van der Waals surface area contributed by atoms with Crippen LogP contribution in [0.5, 0.6) is 0 Å². The zero-order chi connectivity index (χ0) is 21.1. The van der Waals surface area contributed by atoms with E-state index in [0.29, 0.717) is 30.5 Å². The molecule has 7 heteroatoms. The van der Waals surface area contributed by atoms with Crippen molar-refractivity contribution < 1.29 is 9.90 Å². The summed E-state index contributed by atoms with van der Waals surface area (Å²) in [6, 6.07) is 7.49. The van der Waals surface area contributed by atoms with Crippen molar-refractivity contribution in [1.82, 2.24) is 15.1 Å². The highest BCUT2D eigenvalue weighted by Gasteiger charge is 2.23. The van der Waals surface area contributed by atoms with Crippen molar-refractivity contribution in [3.8, 4) is 0 Å². The van der Waals surface area contributed by atoms with E-state index in [1.54, 1.807) is 0 Å². The van der Waals surface area contributed by atoms with Gasteiger partial charge in [0.2, 0.25) is 5.91 Å². The molecule has 6 nitrogen and oxygen atoms in total. The standard InChI is InChI=1S/C22H35ClN4O2/c1-3-6-18(9-14-28)17-25-22(24-4-2)27-12-10-26(11-13-27)21(29)16-19-7-5-8-20(23)15-19/h5,7-8,15,18,28H,3-4,6,9-14,16-17H2,1-2H3,(H,24,25). The Balaban J connectivity index is 1.90. The molecule has 1 saturated heterocycles. The molecule has 0 bridgehead atoms. The summed E-state index contributed by atoms with van der Waals surface area (Å²) in [5.41, 5.74) is 0.950. The van der Waals surface area contributed by atoms with Crippen molar-refractivity contribution in [3.05, 3.63) is 34.9 Å². The number of amides is 1. The number of aliphatic imine (C=N–C) groups is 1. The van der Waals surface area contributed by atoms with Gasteiger partial charge in [0.05, 0.1) is 6.42 Å². The molecule has 0 aliphatic carbocycles. The highest BCUT2D eigenvalue weighted by atomic mass is 35.5. The molecule has 1 amide bonds. The first kappa shape index (κ1) is 23.5. The van der Waals surface area contributed by atoms with Crippen molar-refractivity contribution in [2.75, 3.05) is 45.9 Å². The maximum absolute atomic E-state index is 12.6. The van der Waals surface area contributed by atoms with E-state index in [0.717, 1.165) is 57.0 Å². The smallest absolute Gasteiger partial charge is 0.227 e. The second-order valence-corrected chi connectivity index (χ2v) is 7.97. The van der Waals surface area contributed by atoms with E-state index >= 15 is 0 Å². The van der Waals surface area contributed by atoms with Crippen molar-refractivity contribution in [2.45, 2.75) is 39.5 Å². The average molecular weight is 423 g/mol. The summed E-state index contributed by atoms with van der Waals surface area (Å²) >= 11 is 6.02. The molecule has 162 valence electrons. The molecule has 1 aliphatic rings. The Bertz CT molecular complexity index is 654. The summed E-state index contributed by atoms with van der Waals surface area (Å²) in [5, 5.41) is 13.3. The van der Waals surface area contributed by atoms with Crippen LogP contribution >= 0.6 is 11.6 Å². The first-order valence-corrected chi connectivity index (χ1v) is 11.1. The number of rotatable bonds is 9. The van der Waals surface area contributed by atoms with Gasteiger partial charge in [0, 0.05) is 50.9 Å². The number of benzene rings is 1. The Morgan fingerprint density at radius 3 is 2.55 bits per heavy atom. The Kier molecular flexibility index (Phi) is 10.3. The maximum Gasteiger partial charge on any atom is 0.227 e. The van der Waals surface area contributed by atoms with E-state index in [4.69, 9.17) is 16.6 Å². The third-order valence-corrected chi connectivity index (χ3v) is 5.48. The largest absolute Gasteiger partial charge is 0.396 e. The fourth-order valence-corrected chi connectivity index (χ4v) is 3.87. The molecule has 0 aromatic heterocycles.